The molecule has 0 radical (unpaired) electrons. The van der Waals surface area contributed by atoms with Crippen LogP contribution >= 0.6 is 22.9 Å². The first-order valence-electron chi connectivity index (χ1n) is 9.64. The molecule has 0 bridgehead atoms. The van der Waals surface area contributed by atoms with E-state index < -0.39 is 10.0 Å². The van der Waals surface area contributed by atoms with Gasteiger partial charge in [0, 0.05) is 30.7 Å². The monoisotopic (exact) mass is 485 g/mol. The number of thiazole rings is 1. The van der Waals surface area contributed by atoms with Crippen LogP contribution in [0.5, 0.6) is 0 Å². The highest BCUT2D eigenvalue weighted by Crippen LogP contribution is 2.48. The second-order valence-electron chi connectivity index (χ2n) is 7.34. The van der Waals surface area contributed by atoms with Gasteiger partial charge in [0.25, 0.3) is 10.0 Å². The lowest BCUT2D eigenvalue weighted by Crippen LogP contribution is -2.14. The van der Waals surface area contributed by atoms with Crippen LogP contribution < -0.4 is 10.0 Å². The number of nitrogens with zero attached hydrogens (tertiary/aromatic N) is 3. The van der Waals surface area contributed by atoms with Crippen molar-refractivity contribution in [1.82, 2.24) is 15.0 Å². The minimum absolute atomic E-state index is 0.0412. The van der Waals surface area contributed by atoms with Crippen LogP contribution in [0.15, 0.2) is 66.1 Å². The SMILES string of the molecule is O=C(Nc1nc2c(Cl)cncc2s1)C1CC1c1ccc(S(=O)(=O)Nc2ccncc2)cc1. The molecule has 1 aromatic carbocycles. The van der Waals surface area contributed by atoms with Crippen LogP contribution in [0.3, 0.4) is 0 Å². The molecule has 3 aromatic heterocycles. The summed E-state index contributed by atoms with van der Waals surface area (Å²) in [5.41, 5.74) is 1.98. The van der Waals surface area contributed by atoms with Gasteiger partial charge in [0.15, 0.2) is 5.13 Å². The largest absolute Gasteiger partial charge is 0.302 e. The minimum atomic E-state index is -3.70. The van der Waals surface area contributed by atoms with Crippen molar-refractivity contribution in [2.24, 2.45) is 5.92 Å². The number of carbonyl (C=O) groups excluding carboxylic acids is 1. The fourth-order valence-corrected chi connectivity index (χ4v) is 5.63. The zero-order valence-electron chi connectivity index (χ0n) is 16.4. The molecule has 2 atom stereocenters. The molecule has 4 aromatic rings. The fraction of sp³-hybridized carbons (Fsp3) is 0.143. The lowest BCUT2D eigenvalue weighted by atomic mass is 10.1. The summed E-state index contributed by atoms with van der Waals surface area (Å²) in [6, 6.07) is 9.76. The van der Waals surface area contributed by atoms with Crippen LogP contribution in [-0.4, -0.2) is 29.3 Å². The molecule has 0 saturated heterocycles. The van der Waals surface area contributed by atoms with Crippen molar-refractivity contribution in [2.45, 2.75) is 17.2 Å². The maximum atomic E-state index is 12.6. The topological polar surface area (TPSA) is 114 Å². The maximum Gasteiger partial charge on any atom is 0.261 e. The van der Waals surface area contributed by atoms with E-state index in [0.717, 1.165) is 10.3 Å². The van der Waals surface area contributed by atoms with Crippen molar-refractivity contribution in [3.05, 3.63) is 71.8 Å². The van der Waals surface area contributed by atoms with Crippen molar-refractivity contribution in [3.63, 3.8) is 0 Å². The zero-order valence-corrected chi connectivity index (χ0v) is 18.8. The summed E-state index contributed by atoms with van der Waals surface area (Å²) in [5, 5.41) is 3.78. The summed E-state index contributed by atoms with van der Waals surface area (Å²) in [4.78, 5) is 25.1. The van der Waals surface area contributed by atoms with E-state index >= 15 is 0 Å². The Morgan fingerprint density at radius 3 is 2.53 bits per heavy atom. The van der Waals surface area contributed by atoms with E-state index in [4.69, 9.17) is 11.6 Å². The Hall–Kier alpha value is -3.08. The predicted molar refractivity (Wildman–Crippen MR) is 123 cm³/mol. The standard InChI is InChI=1S/C21H16ClN5O3S2/c22-17-10-24-11-18-19(17)25-21(31-18)26-20(28)16-9-15(16)12-1-3-14(4-2-12)32(29,30)27-13-5-7-23-8-6-13/h1-8,10-11,15-16H,9H2,(H,23,27)(H,25,26,28). The Balaban J connectivity index is 1.24. The Morgan fingerprint density at radius 1 is 1.06 bits per heavy atom. The number of amides is 1. The Morgan fingerprint density at radius 2 is 1.81 bits per heavy atom. The van der Waals surface area contributed by atoms with Crippen LogP contribution in [0.2, 0.25) is 5.02 Å². The van der Waals surface area contributed by atoms with Crippen molar-refractivity contribution in [1.29, 1.82) is 0 Å². The smallest absolute Gasteiger partial charge is 0.261 e. The van der Waals surface area contributed by atoms with E-state index in [0.29, 0.717) is 27.8 Å². The minimum Gasteiger partial charge on any atom is -0.302 e. The second kappa shape index (κ2) is 8.12. The molecule has 8 nitrogen and oxygen atoms in total. The van der Waals surface area contributed by atoms with E-state index in [-0.39, 0.29) is 22.6 Å². The summed E-state index contributed by atoms with van der Waals surface area (Å²) in [7, 11) is -3.70. The van der Waals surface area contributed by atoms with Crippen molar-refractivity contribution >= 4 is 59.9 Å². The zero-order chi connectivity index (χ0) is 22.3. The summed E-state index contributed by atoms with van der Waals surface area (Å²) in [5.74, 6) is -0.262. The molecule has 1 amide bonds. The lowest BCUT2D eigenvalue weighted by molar-refractivity contribution is -0.117. The normalized spacial score (nSPS) is 17.8. The molecule has 1 aliphatic rings. The second-order valence-corrected chi connectivity index (χ2v) is 10.5. The molecule has 2 unspecified atom stereocenters. The molecule has 1 saturated carbocycles. The van der Waals surface area contributed by atoms with Gasteiger partial charge in [-0.15, -0.1) is 0 Å². The van der Waals surface area contributed by atoms with Gasteiger partial charge in [0.2, 0.25) is 5.91 Å². The van der Waals surface area contributed by atoms with Crippen LogP contribution in [0.25, 0.3) is 10.2 Å². The number of fused-ring (bicyclic) bond motifs is 1. The summed E-state index contributed by atoms with van der Waals surface area (Å²) in [6.07, 6.45) is 6.90. The van der Waals surface area contributed by atoms with Gasteiger partial charge in [0.05, 0.1) is 20.3 Å². The van der Waals surface area contributed by atoms with Crippen LogP contribution in [0.4, 0.5) is 10.8 Å². The molecule has 1 fully saturated rings. The van der Waals surface area contributed by atoms with Gasteiger partial charge >= 0.3 is 0 Å². The number of hydrogen-bond acceptors (Lipinski definition) is 7. The average Bonchev–Trinajstić information content (AvgIpc) is 3.48. The summed E-state index contributed by atoms with van der Waals surface area (Å²) in [6.45, 7) is 0. The van der Waals surface area contributed by atoms with Gasteiger partial charge in [-0.2, -0.15) is 0 Å². The van der Waals surface area contributed by atoms with E-state index in [1.165, 1.54) is 29.9 Å². The molecule has 0 aliphatic heterocycles. The Labute approximate surface area is 192 Å². The molecule has 3 heterocycles. The highest BCUT2D eigenvalue weighted by molar-refractivity contribution is 7.92. The fourth-order valence-electron chi connectivity index (χ4n) is 3.46. The van der Waals surface area contributed by atoms with Crippen molar-refractivity contribution in [3.8, 4) is 0 Å². The number of aromatic nitrogens is 3. The molecule has 11 heteroatoms. The number of halogens is 1. The Bertz CT molecular complexity index is 1410. The van der Waals surface area contributed by atoms with Gasteiger partial charge in [0.1, 0.15) is 5.52 Å². The molecule has 162 valence electrons. The molecule has 1 aliphatic carbocycles. The number of sulfonamides is 1. The summed E-state index contributed by atoms with van der Waals surface area (Å²) < 4.78 is 28.4. The number of pyridine rings is 2. The van der Waals surface area contributed by atoms with Gasteiger partial charge in [-0.1, -0.05) is 35.1 Å². The third kappa shape index (κ3) is 4.16. The molecular formula is C21H16ClN5O3S2. The number of benzene rings is 1. The number of anilines is 2. The predicted octanol–water partition coefficient (Wildman–Crippen LogP) is 4.28. The van der Waals surface area contributed by atoms with Gasteiger partial charge in [-0.05, 0) is 42.2 Å². The van der Waals surface area contributed by atoms with E-state index in [1.54, 1.807) is 42.6 Å². The van der Waals surface area contributed by atoms with Crippen LogP contribution in [0, 0.1) is 5.92 Å². The van der Waals surface area contributed by atoms with Crippen molar-refractivity contribution < 1.29 is 13.2 Å². The first-order valence-corrected chi connectivity index (χ1v) is 12.3. The van der Waals surface area contributed by atoms with Gasteiger partial charge < -0.3 is 5.32 Å². The van der Waals surface area contributed by atoms with E-state index in [2.05, 4.69) is 25.0 Å². The number of carbonyl (C=O) groups is 1. The molecule has 0 spiro atoms. The number of hydrogen-bond donors (Lipinski definition) is 2. The highest BCUT2D eigenvalue weighted by Gasteiger charge is 2.44. The first-order chi connectivity index (χ1) is 15.4. The van der Waals surface area contributed by atoms with E-state index in [9.17, 15) is 13.2 Å². The van der Waals surface area contributed by atoms with Gasteiger partial charge in [-0.3, -0.25) is 19.5 Å². The molecule has 32 heavy (non-hydrogen) atoms. The average molecular weight is 486 g/mol. The van der Waals surface area contributed by atoms with Crippen LogP contribution in [-0.2, 0) is 14.8 Å². The lowest BCUT2D eigenvalue weighted by Gasteiger charge is -2.08. The third-order valence-electron chi connectivity index (χ3n) is 5.17. The van der Waals surface area contributed by atoms with Gasteiger partial charge in [-0.25, -0.2) is 13.4 Å². The Kier molecular flexibility index (Phi) is 5.28. The molecule has 2 N–H and O–H groups in total. The maximum absolute atomic E-state index is 12.6. The molecule has 5 rings (SSSR count). The highest BCUT2D eigenvalue weighted by atomic mass is 35.5. The number of rotatable bonds is 6. The van der Waals surface area contributed by atoms with E-state index in [1.807, 2.05) is 0 Å². The van der Waals surface area contributed by atoms with Crippen molar-refractivity contribution in [2.75, 3.05) is 10.0 Å². The molecular weight excluding hydrogens is 470 g/mol. The van der Waals surface area contributed by atoms with Crippen LogP contribution in [0.1, 0.15) is 17.9 Å². The first kappa shape index (κ1) is 20.8. The third-order valence-corrected chi connectivity index (χ3v) is 7.75. The quantitative estimate of drug-likeness (QED) is 0.421. The summed E-state index contributed by atoms with van der Waals surface area (Å²) >= 11 is 7.41. The number of nitrogens with one attached hydrogen (secondary N) is 2.